The van der Waals surface area contributed by atoms with Gasteiger partial charge in [0.2, 0.25) is 5.91 Å². The molecule has 0 aliphatic carbocycles. The highest BCUT2D eigenvalue weighted by Gasteiger charge is 2.21. The molecule has 19 heavy (non-hydrogen) atoms. The second-order valence-electron chi connectivity index (χ2n) is 4.91. The van der Waals surface area contributed by atoms with Gasteiger partial charge in [0.1, 0.15) is 6.61 Å². The van der Waals surface area contributed by atoms with E-state index in [1.165, 1.54) is 7.11 Å². The molecule has 0 aromatic heterocycles. The molecule has 0 unspecified atom stereocenters. The van der Waals surface area contributed by atoms with Gasteiger partial charge in [0, 0.05) is 32.7 Å². The standard InChI is InChI=1S/C13H24N2O4/c1-11(2)19-10-12(16)15-8-6-14(7-9-15)5-4-13(17)18-3/h11H,4-10H2,1-3H3. The first-order chi connectivity index (χ1) is 9.02. The van der Waals surface area contributed by atoms with Crippen LogP contribution in [0.1, 0.15) is 20.3 Å². The molecule has 0 spiro atoms. The van der Waals surface area contributed by atoms with Crippen molar-refractivity contribution in [3.63, 3.8) is 0 Å². The summed E-state index contributed by atoms with van der Waals surface area (Å²) in [6, 6.07) is 0. The van der Waals surface area contributed by atoms with Crippen LogP contribution in [0.5, 0.6) is 0 Å². The van der Waals surface area contributed by atoms with Gasteiger partial charge < -0.3 is 14.4 Å². The summed E-state index contributed by atoms with van der Waals surface area (Å²) < 4.78 is 9.92. The molecule has 0 saturated carbocycles. The summed E-state index contributed by atoms with van der Waals surface area (Å²) in [6.07, 6.45) is 0.478. The zero-order valence-electron chi connectivity index (χ0n) is 12.1. The zero-order valence-corrected chi connectivity index (χ0v) is 12.1. The zero-order chi connectivity index (χ0) is 14.3. The van der Waals surface area contributed by atoms with Gasteiger partial charge in [0.25, 0.3) is 0 Å². The van der Waals surface area contributed by atoms with Crippen molar-refractivity contribution in [3.8, 4) is 0 Å². The first-order valence-corrected chi connectivity index (χ1v) is 6.71. The SMILES string of the molecule is COC(=O)CCN1CCN(C(=O)COC(C)C)CC1. The Hall–Kier alpha value is -1.14. The van der Waals surface area contributed by atoms with E-state index in [1.54, 1.807) is 0 Å². The average molecular weight is 272 g/mol. The molecule has 0 aromatic carbocycles. The number of piperazine rings is 1. The summed E-state index contributed by atoms with van der Waals surface area (Å²) >= 11 is 0. The number of methoxy groups -OCH3 is 1. The molecule has 1 aliphatic heterocycles. The Bertz CT molecular complexity index is 299. The Kier molecular flexibility index (Phi) is 6.80. The smallest absolute Gasteiger partial charge is 0.306 e. The predicted octanol–water partition coefficient (Wildman–Crippen LogP) is 0.119. The van der Waals surface area contributed by atoms with E-state index >= 15 is 0 Å². The first kappa shape index (κ1) is 15.9. The molecule has 0 atom stereocenters. The third-order valence-electron chi connectivity index (χ3n) is 3.12. The normalized spacial score (nSPS) is 16.7. The van der Waals surface area contributed by atoms with Crippen LogP contribution in [0.4, 0.5) is 0 Å². The average Bonchev–Trinajstić information content (AvgIpc) is 2.42. The van der Waals surface area contributed by atoms with Crippen LogP contribution in [0.3, 0.4) is 0 Å². The van der Waals surface area contributed by atoms with Crippen LogP contribution in [0.25, 0.3) is 0 Å². The third-order valence-corrected chi connectivity index (χ3v) is 3.12. The maximum Gasteiger partial charge on any atom is 0.306 e. The number of rotatable bonds is 6. The molecule has 110 valence electrons. The molecule has 0 N–H and O–H groups in total. The highest BCUT2D eigenvalue weighted by molar-refractivity contribution is 5.77. The first-order valence-electron chi connectivity index (χ1n) is 6.71. The molecule has 1 fully saturated rings. The number of ether oxygens (including phenoxy) is 2. The largest absolute Gasteiger partial charge is 0.469 e. The minimum atomic E-state index is -0.191. The van der Waals surface area contributed by atoms with Crippen LogP contribution in [0.2, 0.25) is 0 Å². The second-order valence-corrected chi connectivity index (χ2v) is 4.91. The summed E-state index contributed by atoms with van der Waals surface area (Å²) in [6.45, 7) is 7.66. The van der Waals surface area contributed by atoms with Crippen molar-refractivity contribution < 1.29 is 19.1 Å². The number of carbonyl (C=O) groups is 2. The van der Waals surface area contributed by atoms with Crippen molar-refractivity contribution in [3.05, 3.63) is 0 Å². The van der Waals surface area contributed by atoms with E-state index in [1.807, 2.05) is 18.7 Å². The van der Waals surface area contributed by atoms with Gasteiger partial charge in [-0.1, -0.05) is 0 Å². The van der Waals surface area contributed by atoms with Crippen LogP contribution < -0.4 is 0 Å². The van der Waals surface area contributed by atoms with E-state index < -0.39 is 0 Å². The Labute approximate surface area is 114 Å². The number of esters is 1. The fourth-order valence-corrected chi connectivity index (χ4v) is 1.90. The lowest BCUT2D eigenvalue weighted by Crippen LogP contribution is -2.50. The molecule has 1 amide bonds. The number of amides is 1. The highest BCUT2D eigenvalue weighted by Crippen LogP contribution is 2.04. The van der Waals surface area contributed by atoms with E-state index in [0.717, 1.165) is 13.1 Å². The van der Waals surface area contributed by atoms with Crippen molar-refractivity contribution in [1.29, 1.82) is 0 Å². The lowest BCUT2D eigenvalue weighted by Gasteiger charge is -2.34. The molecule has 1 saturated heterocycles. The highest BCUT2D eigenvalue weighted by atomic mass is 16.5. The Morgan fingerprint density at radius 1 is 1.16 bits per heavy atom. The topological polar surface area (TPSA) is 59.1 Å². The van der Waals surface area contributed by atoms with E-state index in [9.17, 15) is 9.59 Å². The molecule has 1 rings (SSSR count). The second kappa shape index (κ2) is 8.12. The Morgan fingerprint density at radius 2 is 1.79 bits per heavy atom. The van der Waals surface area contributed by atoms with Crippen molar-refractivity contribution in [2.75, 3.05) is 46.4 Å². The lowest BCUT2D eigenvalue weighted by molar-refractivity contribution is -0.142. The van der Waals surface area contributed by atoms with Gasteiger partial charge in [-0.2, -0.15) is 0 Å². The van der Waals surface area contributed by atoms with Gasteiger partial charge in [-0.05, 0) is 13.8 Å². The van der Waals surface area contributed by atoms with Crippen LogP contribution in [-0.2, 0) is 19.1 Å². The van der Waals surface area contributed by atoms with Crippen LogP contribution in [-0.4, -0.2) is 74.2 Å². The van der Waals surface area contributed by atoms with E-state index in [0.29, 0.717) is 26.1 Å². The Morgan fingerprint density at radius 3 is 2.32 bits per heavy atom. The van der Waals surface area contributed by atoms with Gasteiger partial charge in [0.05, 0.1) is 19.6 Å². The lowest BCUT2D eigenvalue weighted by atomic mass is 10.3. The van der Waals surface area contributed by atoms with Gasteiger partial charge in [0.15, 0.2) is 0 Å². The minimum absolute atomic E-state index is 0.0429. The monoisotopic (exact) mass is 272 g/mol. The predicted molar refractivity (Wildman–Crippen MR) is 70.7 cm³/mol. The maximum atomic E-state index is 11.8. The molecular weight excluding hydrogens is 248 g/mol. The van der Waals surface area contributed by atoms with Crippen LogP contribution in [0.15, 0.2) is 0 Å². The van der Waals surface area contributed by atoms with Gasteiger partial charge >= 0.3 is 5.97 Å². The van der Waals surface area contributed by atoms with Gasteiger partial charge in [-0.25, -0.2) is 0 Å². The Balaban J connectivity index is 2.21. The summed E-state index contributed by atoms with van der Waals surface area (Å²) in [4.78, 5) is 26.9. The van der Waals surface area contributed by atoms with Crippen LogP contribution >= 0.6 is 0 Å². The molecule has 6 heteroatoms. The van der Waals surface area contributed by atoms with E-state index in [2.05, 4.69) is 9.64 Å². The van der Waals surface area contributed by atoms with E-state index in [4.69, 9.17) is 4.74 Å². The number of carbonyl (C=O) groups excluding carboxylic acids is 2. The summed E-state index contributed by atoms with van der Waals surface area (Å²) in [5.41, 5.74) is 0. The molecule has 0 bridgehead atoms. The van der Waals surface area contributed by atoms with Crippen LogP contribution in [0, 0.1) is 0 Å². The maximum absolute atomic E-state index is 11.8. The molecule has 0 radical (unpaired) electrons. The van der Waals surface area contributed by atoms with Crippen molar-refractivity contribution in [1.82, 2.24) is 9.80 Å². The third kappa shape index (κ3) is 6.02. The summed E-state index contributed by atoms with van der Waals surface area (Å²) in [5, 5.41) is 0. The molecule has 1 aliphatic rings. The van der Waals surface area contributed by atoms with E-state index in [-0.39, 0.29) is 24.6 Å². The summed E-state index contributed by atoms with van der Waals surface area (Å²) in [5.74, 6) is -0.148. The number of hydrogen-bond donors (Lipinski definition) is 0. The molecule has 1 heterocycles. The van der Waals surface area contributed by atoms with Crippen molar-refractivity contribution in [2.24, 2.45) is 0 Å². The van der Waals surface area contributed by atoms with Gasteiger partial charge in [-0.3, -0.25) is 14.5 Å². The molecule has 0 aromatic rings. The number of nitrogens with zero attached hydrogens (tertiary/aromatic N) is 2. The fourth-order valence-electron chi connectivity index (χ4n) is 1.90. The fraction of sp³-hybridized carbons (Fsp3) is 0.846. The van der Waals surface area contributed by atoms with Gasteiger partial charge in [-0.15, -0.1) is 0 Å². The minimum Gasteiger partial charge on any atom is -0.469 e. The van der Waals surface area contributed by atoms with Crippen molar-refractivity contribution in [2.45, 2.75) is 26.4 Å². The summed E-state index contributed by atoms with van der Waals surface area (Å²) in [7, 11) is 1.40. The quantitative estimate of drug-likeness (QED) is 0.643. The molecule has 6 nitrogen and oxygen atoms in total. The van der Waals surface area contributed by atoms with Crippen molar-refractivity contribution >= 4 is 11.9 Å². The number of hydrogen-bond acceptors (Lipinski definition) is 5. The molecular formula is C13H24N2O4.